The molecule has 0 amide bonds. The van der Waals surface area contributed by atoms with E-state index in [2.05, 4.69) is 15.6 Å². The minimum Gasteiger partial charge on any atom is -0.309 e. The maximum atomic E-state index is 6.12. The second-order valence-corrected chi connectivity index (χ2v) is 6.09. The van der Waals surface area contributed by atoms with Gasteiger partial charge in [0.1, 0.15) is 11.3 Å². The second kappa shape index (κ2) is 6.13. The van der Waals surface area contributed by atoms with E-state index in [0.29, 0.717) is 11.9 Å². The van der Waals surface area contributed by atoms with Gasteiger partial charge in [0.05, 0.1) is 5.88 Å². The van der Waals surface area contributed by atoms with Gasteiger partial charge in [0.15, 0.2) is 5.65 Å². The van der Waals surface area contributed by atoms with Crippen LogP contribution in [0.25, 0.3) is 11.2 Å². The monoisotopic (exact) mass is 291 g/mol. The number of aryl methyl sites for hydroxylation is 1. The summed E-state index contributed by atoms with van der Waals surface area (Å²) in [6, 6.07) is 4.60. The number of pyridine rings is 1. The molecular formula is C16H22ClN3. The molecule has 2 aromatic heterocycles. The van der Waals surface area contributed by atoms with Gasteiger partial charge in [0, 0.05) is 11.7 Å². The number of rotatable bonds is 2. The summed E-state index contributed by atoms with van der Waals surface area (Å²) in [4.78, 5) is 9.39. The van der Waals surface area contributed by atoms with Crippen LogP contribution in [0.1, 0.15) is 62.5 Å². The number of hydrogen-bond acceptors (Lipinski definition) is 2. The number of alkyl halides is 1. The molecule has 0 N–H and O–H groups in total. The predicted molar refractivity (Wildman–Crippen MR) is 83.2 cm³/mol. The average Bonchev–Trinajstić information content (AvgIpc) is 2.76. The van der Waals surface area contributed by atoms with E-state index in [9.17, 15) is 0 Å². The molecule has 0 spiro atoms. The average molecular weight is 292 g/mol. The first-order valence-electron chi connectivity index (χ1n) is 7.70. The Morgan fingerprint density at radius 1 is 1.10 bits per heavy atom. The van der Waals surface area contributed by atoms with Crippen LogP contribution >= 0.6 is 11.6 Å². The van der Waals surface area contributed by atoms with Crippen LogP contribution in [0.5, 0.6) is 0 Å². The third kappa shape index (κ3) is 2.69. The first-order chi connectivity index (χ1) is 9.79. The van der Waals surface area contributed by atoms with Crippen molar-refractivity contribution in [2.75, 3.05) is 0 Å². The van der Waals surface area contributed by atoms with Gasteiger partial charge in [-0.2, -0.15) is 0 Å². The molecule has 0 aliphatic heterocycles. The lowest BCUT2D eigenvalue weighted by Gasteiger charge is -2.23. The Bertz CT molecular complexity index is 583. The van der Waals surface area contributed by atoms with Crippen molar-refractivity contribution >= 4 is 22.8 Å². The Kier molecular flexibility index (Phi) is 4.25. The molecule has 1 aliphatic carbocycles. The van der Waals surface area contributed by atoms with Crippen molar-refractivity contribution in [2.45, 2.75) is 63.8 Å². The number of hydrogen-bond donors (Lipinski definition) is 0. The molecule has 0 bridgehead atoms. The lowest BCUT2D eigenvalue weighted by Crippen LogP contribution is -2.14. The van der Waals surface area contributed by atoms with Crippen LogP contribution in [0, 0.1) is 6.92 Å². The van der Waals surface area contributed by atoms with E-state index >= 15 is 0 Å². The molecule has 2 heterocycles. The summed E-state index contributed by atoms with van der Waals surface area (Å²) in [5, 5.41) is 0. The third-order valence-corrected chi connectivity index (χ3v) is 4.55. The summed E-state index contributed by atoms with van der Waals surface area (Å²) in [6.07, 6.45) is 9.15. The van der Waals surface area contributed by atoms with Crippen molar-refractivity contribution in [3.05, 3.63) is 23.7 Å². The van der Waals surface area contributed by atoms with Gasteiger partial charge < -0.3 is 4.57 Å². The SMILES string of the molecule is Cc1ccc2nc(CCl)n(C3CCCCCCC3)c2n1. The van der Waals surface area contributed by atoms with E-state index in [1.54, 1.807) is 0 Å². The molecule has 0 radical (unpaired) electrons. The molecule has 0 unspecified atom stereocenters. The van der Waals surface area contributed by atoms with E-state index in [-0.39, 0.29) is 0 Å². The smallest absolute Gasteiger partial charge is 0.160 e. The molecular weight excluding hydrogens is 270 g/mol. The van der Waals surface area contributed by atoms with Crippen LogP contribution in [0.2, 0.25) is 0 Å². The molecule has 1 saturated carbocycles. The van der Waals surface area contributed by atoms with Gasteiger partial charge in [-0.25, -0.2) is 9.97 Å². The van der Waals surface area contributed by atoms with Gasteiger partial charge in [0.25, 0.3) is 0 Å². The van der Waals surface area contributed by atoms with Crippen LogP contribution < -0.4 is 0 Å². The Morgan fingerprint density at radius 3 is 2.50 bits per heavy atom. The number of aromatic nitrogens is 3. The molecule has 20 heavy (non-hydrogen) atoms. The zero-order chi connectivity index (χ0) is 13.9. The van der Waals surface area contributed by atoms with Crippen molar-refractivity contribution < 1.29 is 0 Å². The fourth-order valence-electron chi connectivity index (χ4n) is 3.29. The highest BCUT2D eigenvalue weighted by Gasteiger charge is 2.20. The molecule has 4 heteroatoms. The zero-order valence-electron chi connectivity index (χ0n) is 12.1. The van der Waals surface area contributed by atoms with Gasteiger partial charge in [-0.05, 0) is 31.9 Å². The standard InChI is InChI=1S/C16H22ClN3/c1-12-9-10-14-16(18-12)20(15(11-17)19-14)13-7-5-3-2-4-6-8-13/h9-10,13H,2-8,11H2,1H3. The lowest BCUT2D eigenvalue weighted by molar-refractivity contribution is 0.372. The molecule has 1 aliphatic rings. The minimum atomic E-state index is 0.464. The molecule has 0 atom stereocenters. The van der Waals surface area contributed by atoms with Crippen molar-refractivity contribution in [3.63, 3.8) is 0 Å². The van der Waals surface area contributed by atoms with Crippen molar-refractivity contribution in [3.8, 4) is 0 Å². The zero-order valence-corrected chi connectivity index (χ0v) is 12.9. The summed E-state index contributed by atoms with van der Waals surface area (Å²) in [5.41, 5.74) is 3.05. The summed E-state index contributed by atoms with van der Waals surface area (Å²) >= 11 is 6.12. The number of fused-ring (bicyclic) bond motifs is 1. The van der Waals surface area contributed by atoms with Gasteiger partial charge in [-0.15, -0.1) is 11.6 Å². The molecule has 3 nitrogen and oxygen atoms in total. The highest BCUT2D eigenvalue weighted by atomic mass is 35.5. The predicted octanol–water partition coefficient (Wildman–Crippen LogP) is 4.76. The maximum absolute atomic E-state index is 6.12. The van der Waals surface area contributed by atoms with Gasteiger partial charge in [-0.3, -0.25) is 0 Å². The lowest BCUT2D eigenvalue weighted by atomic mass is 9.96. The highest BCUT2D eigenvalue weighted by Crippen LogP contribution is 2.31. The molecule has 108 valence electrons. The number of imidazole rings is 1. The number of nitrogens with zero attached hydrogens (tertiary/aromatic N) is 3. The minimum absolute atomic E-state index is 0.464. The Labute approximate surface area is 125 Å². The van der Waals surface area contributed by atoms with Gasteiger partial charge in [0.2, 0.25) is 0 Å². The fourth-order valence-corrected chi connectivity index (χ4v) is 3.47. The second-order valence-electron chi connectivity index (χ2n) is 5.83. The summed E-state index contributed by atoms with van der Waals surface area (Å²) < 4.78 is 2.32. The largest absolute Gasteiger partial charge is 0.309 e. The van der Waals surface area contributed by atoms with Crippen LogP contribution in [0.15, 0.2) is 12.1 Å². The molecule has 3 rings (SSSR count). The van der Waals surface area contributed by atoms with E-state index in [1.807, 2.05) is 13.0 Å². The summed E-state index contributed by atoms with van der Waals surface area (Å²) in [7, 11) is 0. The van der Waals surface area contributed by atoms with E-state index in [1.165, 1.54) is 44.9 Å². The van der Waals surface area contributed by atoms with Crippen molar-refractivity contribution in [1.29, 1.82) is 0 Å². The van der Waals surface area contributed by atoms with E-state index < -0.39 is 0 Å². The Hall–Kier alpha value is -1.09. The third-order valence-electron chi connectivity index (χ3n) is 4.31. The quantitative estimate of drug-likeness (QED) is 0.747. The summed E-state index contributed by atoms with van der Waals surface area (Å²) in [5.74, 6) is 1.44. The first kappa shape index (κ1) is 13.9. The highest BCUT2D eigenvalue weighted by molar-refractivity contribution is 6.16. The molecule has 1 fully saturated rings. The van der Waals surface area contributed by atoms with E-state index in [0.717, 1.165) is 22.7 Å². The Balaban J connectivity index is 2.04. The van der Waals surface area contributed by atoms with E-state index in [4.69, 9.17) is 16.6 Å². The van der Waals surface area contributed by atoms with Gasteiger partial charge >= 0.3 is 0 Å². The molecule has 2 aromatic rings. The Morgan fingerprint density at radius 2 is 1.80 bits per heavy atom. The van der Waals surface area contributed by atoms with Crippen LogP contribution in [-0.2, 0) is 5.88 Å². The molecule has 0 aromatic carbocycles. The molecule has 0 saturated heterocycles. The van der Waals surface area contributed by atoms with Crippen molar-refractivity contribution in [2.24, 2.45) is 0 Å². The van der Waals surface area contributed by atoms with Crippen LogP contribution in [0.3, 0.4) is 0 Å². The van der Waals surface area contributed by atoms with Crippen molar-refractivity contribution in [1.82, 2.24) is 14.5 Å². The van der Waals surface area contributed by atoms with Crippen LogP contribution in [-0.4, -0.2) is 14.5 Å². The first-order valence-corrected chi connectivity index (χ1v) is 8.23. The maximum Gasteiger partial charge on any atom is 0.160 e. The summed E-state index contributed by atoms with van der Waals surface area (Å²) in [6.45, 7) is 2.04. The van der Waals surface area contributed by atoms with Crippen LogP contribution in [0.4, 0.5) is 0 Å². The fraction of sp³-hybridized carbons (Fsp3) is 0.625. The normalized spacial score (nSPS) is 18.1. The topological polar surface area (TPSA) is 30.7 Å². The number of halogens is 1. The van der Waals surface area contributed by atoms with Gasteiger partial charge in [-0.1, -0.05) is 32.1 Å².